The van der Waals surface area contributed by atoms with E-state index in [0.717, 1.165) is 137 Å². The fourth-order valence-corrected chi connectivity index (χ4v) is 9.78. The van der Waals surface area contributed by atoms with E-state index in [1.807, 2.05) is 166 Å². The topological polar surface area (TPSA) is 245 Å². The van der Waals surface area contributed by atoms with Crippen molar-refractivity contribution in [3.63, 3.8) is 0 Å². The van der Waals surface area contributed by atoms with Crippen LogP contribution in [0.2, 0.25) is 0 Å². The van der Waals surface area contributed by atoms with Gasteiger partial charge in [0.25, 0.3) is 0 Å². The molecule has 3 rings (SSSR count). The molecule has 3 fully saturated rings. The molecule has 0 bridgehead atoms. The predicted octanol–water partition coefficient (Wildman–Crippen LogP) is 29.6. The second-order valence-electron chi connectivity index (χ2n) is 53.9. The maximum atomic E-state index is 12.2. The Bertz CT molecular complexity index is 3050. The van der Waals surface area contributed by atoms with E-state index in [0.29, 0.717) is 42.7 Å². The number of nitrogens with zero attached hydrogens (tertiary/aromatic N) is 5. The maximum Gasteiger partial charge on any atom is 0.325 e. The zero-order valence-corrected chi connectivity index (χ0v) is 97.2. The van der Waals surface area contributed by atoms with Gasteiger partial charge >= 0.3 is 41.8 Å². The number of piperazine rings is 1. The van der Waals surface area contributed by atoms with Crippen LogP contribution in [0.5, 0.6) is 0 Å². The Morgan fingerprint density at radius 1 is 0.302 bits per heavy atom. The zero-order valence-electron chi connectivity index (χ0n) is 97.2. The molecule has 3 heterocycles. The quantitative estimate of drug-likeness (QED) is 0.0659. The minimum atomic E-state index is -0.903. The van der Waals surface area contributed by atoms with E-state index in [1.165, 1.54) is 13.0 Å². The van der Waals surface area contributed by atoms with Crippen LogP contribution < -0.4 is 5.73 Å². The van der Waals surface area contributed by atoms with Crippen molar-refractivity contribution in [3.8, 4) is 0 Å². The van der Waals surface area contributed by atoms with Crippen LogP contribution >= 0.6 is 0 Å². The van der Waals surface area contributed by atoms with Crippen LogP contribution in [0.15, 0.2) is 0 Å². The molecule has 3 saturated heterocycles. The van der Waals surface area contributed by atoms with Crippen molar-refractivity contribution in [2.75, 3.05) is 153 Å². The molecule has 22 nitrogen and oxygen atoms in total. The normalized spacial score (nSPS) is 15.1. The van der Waals surface area contributed by atoms with Gasteiger partial charge in [0.05, 0.1) is 85.3 Å². The summed E-state index contributed by atoms with van der Waals surface area (Å²) < 4.78 is 48.0. The second kappa shape index (κ2) is 74.0. The molecular formula is C117H256N6O16. The van der Waals surface area contributed by atoms with Crippen LogP contribution in [0.4, 0.5) is 0 Å². The van der Waals surface area contributed by atoms with Gasteiger partial charge < -0.3 is 63.1 Å². The fraction of sp³-hybridized carbons (Fsp3) is 0.940. The number of carbonyl (C=O) groups is 7. The van der Waals surface area contributed by atoms with E-state index in [4.69, 9.17) is 48.4 Å². The largest absolute Gasteiger partial charge is 0.465 e. The number of ether oxygens (including phenoxy) is 9. The number of esters is 7. The summed E-state index contributed by atoms with van der Waals surface area (Å²) in [6, 6.07) is 0. The van der Waals surface area contributed by atoms with Gasteiger partial charge in [0.1, 0.15) is 23.9 Å². The number of morpholine rings is 2. The summed E-state index contributed by atoms with van der Waals surface area (Å²) in [7, 11) is 6.36. The molecule has 3 aliphatic heterocycles. The van der Waals surface area contributed by atoms with Gasteiger partial charge in [-0.3, -0.25) is 43.4 Å². The molecule has 3 atom stereocenters. The lowest BCUT2D eigenvalue weighted by molar-refractivity contribution is -0.165. The highest BCUT2D eigenvalue weighted by molar-refractivity contribution is 5.80. The molecule has 2 N–H and O–H groups in total. The van der Waals surface area contributed by atoms with Gasteiger partial charge in [-0.05, 0) is 245 Å². The first-order valence-corrected chi connectivity index (χ1v) is 49.7. The molecule has 0 aliphatic carbocycles. The van der Waals surface area contributed by atoms with Crippen LogP contribution in [-0.4, -0.2) is 243 Å². The third-order valence-electron chi connectivity index (χ3n) is 22.1. The minimum absolute atomic E-state index is 0. The summed E-state index contributed by atoms with van der Waals surface area (Å²) in [6.45, 7) is 124. The van der Waals surface area contributed by atoms with E-state index in [-0.39, 0.29) is 179 Å². The molecule has 0 amide bonds. The molecule has 850 valence electrons. The molecule has 139 heavy (non-hydrogen) atoms. The smallest absolute Gasteiger partial charge is 0.325 e. The van der Waals surface area contributed by atoms with Crippen LogP contribution in [0.1, 0.15) is 464 Å². The van der Waals surface area contributed by atoms with Crippen LogP contribution in [0.3, 0.4) is 0 Å². The van der Waals surface area contributed by atoms with E-state index < -0.39 is 16.4 Å². The Morgan fingerprint density at radius 3 is 0.755 bits per heavy atom. The molecule has 3 aliphatic rings. The number of hydrogen-bond donors (Lipinski definition) is 1. The third-order valence-corrected chi connectivity index (χ3v) is 22.1. The number of nitrogens with two attached hydrogens (primary N) is 1. The van der Waals surface area contributed by atoms with Gasteiger partial charge in [0.15, 0.2) is 0 Å². The highest BCUT2D eigenvalue weighted by atomic mass is 16.6. The Balaban J connectivity index is -0.0000000951. The monoisotopic (exact) mass is 2000 g/mol. The van der Waals surface area contributed by atoms with Crippen LogP contribution in [0.25, 0.3) is 0 Å². The Morgan fingerprint density at radius 2 is 0.540 bits per heavy atom. The van der Waals surface area contributed by atoms with Crippen molar-refractivity contribution in [1.82, 2.24) is 24.5 Å². The number of likely N-dealkylation sites (N-methyl/N-ethyl adjacent to an activating group) is 1. The number of carbonyl (C=O) groups excluding carboxylic acids is 7. The fourth-order valence-electron chi connectivity index (χ4n) is 9.78. The first-order valence-electron chi connectivity index (χ1n) is 49.7. The molecule has 0 aromatic carbocycles. The van der Waals surface area contributed by atoms with Crippen LogP contribution in [0, 0.1) is 86.6 Å². The second-order valence-corrected chi connectivity index (χ2v) is 53.9. The standard InChI is InChI=1S/C16H32N2O2.C15H29NO3.C13H26O2.C12H24O2.C11H22O2.C10H21NO2.C10H20O2.C9H19NO.C7H17N.C6H14.8CH4/c1-15(2,3)13-20-14(19)16(4,5)7-8-18-11-9-17(6)10-12-18;1-14(2,3)12-19-13(17)15(4,5)6-7-16-8-10-18-11-9-16;1-8-9-13(6,7)11(14)15-10(2)12(3,4)5;1-8-12(6,7)10(13)14-9(2)11(3,4)5;1-7-11(5,6)9(12)13-8-10(2,3)4;1-7(9(2,3)4)13-8(12)10(5,6)11;1-9(2,3)7-12-8(11)10(4,5)6;1-9(2,3)8-10-4-6-11-7-5-10;1-7(2,3)6-8(4)5;1-5-6(2,3)4;;;;;;;;/h7-13H2,1-6H3;6-12H2,1-5H3;10H,8-9H2,1-7H3;9H,8H2,1-7H3;7-8H2,1-6H3;7H,11H2,1-6H3;7H2,1-6H3;4-8H2,1-3H3;6H2,1-5H3;5H2,1-4H3;8*1H4. The van der Waals surface area contributed by atoms with Gasteiger partial charge in [-0.1, -0.05) is 308 Å². The van der Waals surface area contributed by atoms with Gasteiger partial charge in [0.2, 0.25) is 0 Å². The Kier molecular flexibility index (Phi) is 89.5. The third kappa shape index (κ3) is 99.7. The van der Waals surface area contributed by atoms with Crippen molar-refractivity contribution in [3.05, 3.63) is 0 Å². The average molecular weight is 2000 g/mol. The average Bonchev–Trinajstić information content (AvgIpc) is 0.894. The van der Waals surface area contributed by atoms with E-state index in [9.17, 15) is 33.6 Å². The lowest BCUT2D eigenvalue weighted by Gasteiger charge is -2.34. The molecule has 0 aromatic rings. The first kappa shape index (κ1) is 168. The van der Waals surface area contributed by atoms with Gasteiger partial charge in [-0.25, -0.2) is 0 Å². The summed E-state index contributed by atoms with van der Waals surface area (Å²) in [5.74, 6) is -0.899. The lowest BCUT2D eigenvalue weighted by Crippen LogP contribution is -2.45. The molecule has 22 heteroatoms. The Hall–Kier alpha value is -4.03. The van der Waals surface area contributed by atoms with Gasteiger partial charge in [-0.15, -0.1) is 0 Å². The summed E-state index contributed by atoms with van der Waals surface area (Å²) in [6.07, 6.45) is 6.26. The van der Waals surface area contributed by atoms with Crippen molar-refractivity contribution in [2.45, 2.75) is 488 Å². The van der Waals surface area contributed by atoms with Crippen molar-refractivity contribution in [2.24, 2.45) is 92.4 Å². The van der Waals surface area contributed by atoms with Crippen molar-refractivity contribution in [1.29, 1.82) is 0 Å². The summed E-state index contributed by atoms with van der Waals surface area (Å²) in [4.78, 5) is 93.9. The van der Waals surface area contributed by atoms with Crippen molar-refractivity contribution < 1.29 is 76.2 Å². The molecule has 0 saturated carbocycles. The van der Waals surface area contributed by atoms with E-state index >= 15 is 0 Å². The maximum absolute atomic E-state index is 12.2. The van der Waals surface area contributed by atoms with Crippen molar-refractivity contribution >= 4 is 41.8 Å². The molecule has 0 aromatic heterocycles. The first-order chi connectivity index (χ1) is 57.9. The summed E-state index contributed by atoms with van der Waals surface area (Å²) in [5, 5.41) is 0. The minimum Gasteiger partial charge on any atom is -0.465 e. The summed E-state index contributed by atoms with van der Waals surface area (Å²) in [5.41, 5.74) is 4.01. The highest BCUT2D eigenvalue weighted by Gasteiger charge is 2.38. The number of rotatable bonds is 25. The molecular weight excluding hydrogens is 1750 g/mol. The van der Waals surface area contributed by atoms with Gasteiger partial charge in [0, 0.05) is 65.4 Å². The van der Waals surface area contributed by atoms with E-state index in [1.54, 1.807) is 13.8 Å². The Labute approximate surface area is 870 Å². The van der Waals surface area contributed by atoms with E-state index in [2.05, 4.69) is 226 Å². The van der Waals surface area contributed by atoms with Crippen LogP contribution in [-0.2, 0) is 76.2 Å². The molecule has 0 radical (unpaired) electrons. The molecule has 3 unspecified atom stereocenters. The highest BCUT2D eigenvalue weighted by Crippen LogP contribution is 2.33. The zero-order chi connectivity index (χ0) is 106. The van der Waals surface area contributed by atoms with Gasteiger partial charge in [-0.2, -0.15) is 0 Å². The lowest BCUT2D eigenvalue weighted by atomic mass is 9.87. The predicted molar refractivity (Wildman–Crippen MR) is 608 cm³/mol. The summed E-state index contributed by atoms with van der Waals surface area (Å²) >= 11 is 0. The molecule has 0 spiro atoms. The number of hydrogen-bond acceptors (Lipinski definition) is 22. The SMILES string of the molecule is C.C.C.C.C.C.C.C.CC(C)(C)CN1CCOCC1.CC(C)(C)COC(=O)C(C)(C)C.CC(C)(C)COC(=O)C(C)(C)CCN1CCOCC1.CC(OC(=O)C(C)(C)N)C(C)(C)C.CCC(C)(C)C.CCC(C)(C)C(=O)OC(C)C(C)(C)C.CCC(C)(C)C(=O)OCC(C)(C)C.CCCC(C)(C)C(=O)OC(C)C(C)(C)C.CN(C)CC(C)(C)C.CN1CCN(CCC(C)(C)C(=O)OCC(C)(C)C)CC1.